The van der Waals surface area contributed by atoms with Crippen LogP contribution in [-0.4, -0.2) is 101 Å². The van der Waals surface area contributed by atoms with Crippen molar-refractivity contribution in [3.8, 4) is 6.07 Å². The Morgan fingerprint density at radius 1 is 1.04 bits per heavy atom. The number of aromatic nitrogens is 3. The molecule has 1 aliphatic carbocycles. The van der Waals surface area contributed by atoms with Crippen molar-refractivity contribution in [3.63, 3.8) is 0 Å². The lowest BCUT2D eigenvalue weighted by molar-refractivity contribution is -0.130. The average molecular weight is 613 g/mol. The van der Waals surface area contributed by atoms with Crippen LogP contribution >= 0.6 is 0 Å². The highest BCUT2D eigenvalue weighted by Gasteiger charge is 2.45. The van der Waals surface area contributed by atoms with Gasteiger partial charge in [-0.05, 0) is 85.5 Å². The largest absolute Gasteiger partial charge is 0.345 e. The molecule has 1 saturated heterocycles. The number of rotatable bonds is 8. The number of fused-ring (bicyclic) bond motifs is 2. The Kier molecular flexibility index (Phi) is 8.93. The van der Waals surface area contributed by atoms with Crippen molar-refractivity contribution in [2.75, 3.05) is 41.3 Å². The molecule has 12 nitrogen and oxygen atoms in total. The fraction of sp³-hybridized carbons (Fsp3) is 0.455. The molecular formula is C33H40N8O4. The van der Waals surface area contributed by atoms with Gasteiger partial charge >= 0.3 is 5.69 Å². The van der Waals surface area contributed by atoms with Crippen LogP contribution in [-0.2, 0) is 23.1 Å². The molecule has 0 radical (unpaired) electrons. The summed E-state index contributed by atoms with van der Waals surface area (Å²) >= 11 is 0. The van der Waals surface area contributed by atoms with E-state index in [2.05, 4.69) is 26.6 Å². The molecule has 2 aromatic carbocycles. The molecule has 3 amide bonds. The number of hydrogen-bond donors (Lipinski definition) is 3. The number of hydrogen-bond acceptors (Lipinski definition) is 7. The summed E-state index contributed by atoms with van der Waals surface area (Å²) in [6, 6.07) is 12.8. The normalized spacial score (nSPS) is 17.4. The standard InChI is InChI=1S/C33H40N8O4/c1-20(35-19-28(42)41-14-6-7-25(41)18-34)17-33(31-36-32(45)38-37-31)26-12-10-23(29(43)39(2)3)15-21(26)8-9-22-16-24(11-13-27(22)33)30(44)40(4)5/h10-13,15-16,20,25,35H,6-9,14,17,19H2,1-5H3,(H2,36,37,38,45)/t20-,25?/m1/s1. The first kappa shape index (κ1) is 31.7. The topological polar surface area (TPSA) is 158 Å². The highest BCUT2D eigenvalue weighted by Crippen LogP contribution is 2.47. The van der Waals surface area contributed by atoms with E-state index in [1.165, 1.54) is 9.80 Å². The molecule has 12 heteroatoms. The van der Waals surface area contributed by atoms with Gasteiger partial charge in [0.15, 0.2) is 0 Å². The molecule has 2 aliphatic rings. The van der Waals surface area contributed by atoms with Crippen molar-refractivity contribution >= 4 is 17.7 Å². The summed E-state index contributed by atoms with van der Waals surface area (Å²) in [5.74, 6) is 0.0273. The number of aromatic amines is 2. The highest BCUT2D eigenvalue weighted by molar-refractivity contribution is 5.95. The highest BCUT2D eigenvalue weighted by atomic mass is 16.2. The van der Waals surface area contributed by atoms with E-state index in [0.29, 0.717) is 49.2 Å². The third-order valence-corrected chi connectivity index (χ3v) is 8.94. The van der Waals surface area contributed by atoms with E-state index in [9.17, 15) is 24.4 Å². The Labute approximate surface area is 262 Å². The van der Waals surface area contributed by atoms with Crippen LogP contribution in [0.2, 0.25) is 0 Å². The number of amides is 3. The lowest BCUT2D eigenvalue weighted by Gasteiger charge is -2.37. The fourth-order valence-corrected chi connectivity index (χ4v) is 6.77. The molecule has 0 spiro atoms. The van der Waals surface area contributed by atoms with Crippen LogP contribution in [0.3, 0.4) is 0 Å². The summed E-state index contributed by atoms with van der Waals surface area (Å²) in [7, 11) is 6.84. The van der Waals surface area contributed by atoms with Gasteiger partial charge < -0.3 is 20.0 Å². The number of carbonyl (C=O) groups is 3. The van der Waals surface area contributed by atoms with Crippen LogP contribution in [0.25, 0.3) is 0 Å². The van der Waals surface area contributed by atoms with E-state index in [-0.39, 0.29) is 30.3 Å². The number of carbonyl (C=O) groups excluding carboxylic acids is 3. The van der Waals surface area contributed by atoms with Crippen LogP contribution in [0.4, 0.5) is 0 Å². The number of nitrogens with zero attached hydrogens (tertiary/aromatic N) is 5. The summed E-state index contributed by atoms with van der Waals surface area (Å²) in [5.41, 5.74) is 3.27. The predicted octanol–water partition coefficient (Wildman–Crippen LogP) is 1.82. The lowest BCUT2D eigenvalue weighted by atomic mass is 9.67. The molecule has 1 aliphatic heterocycles. The second-order valence-electron chi connectivity index (χ2n) is 12.4. The van der Waals surface area contributed by atoms with Crippen molar-refractivity contribution in [2.24, 2.45) is 0 Å². The van der Waals surface area contributed by atoms with Crippen molar-refractivity contribution in [3.05, 3.63) is 86.1 Å². The van der Waals surface area contributed by atoms with Gasteiger partial charge in [0.25, 0.3) is 11.8 Å². The minimum Gasteiger partial charge on any atom is -0.345 e. The second-order valence-corrected chi connectivity index (χ2v) is 12.4. The van der Waals surface area contributed by atoms with Gasteiger partial charge in [-0.2, -0.15) is 10.4 Å². The lowest BCUT2D eigenvalue weighted by Crippen LogP contribution is -2.45. The Morgan fingerprint density at radius 3 is 2.11 bits per heavy atom. The van der Waals surface area contributed by atoms with Crippen LogP contribution in [0, 0.1) is 11.3 Å². The fourth-order valence-electron chi connectivity index (χ4n) is 6.77. The van der Waals surface area contributed by atoms with E-state index in [1.807, 2.05) is 31.2 Å². The number of likely N-dealkylation sites (tertiary alicyclic amines) is 1. The van der Waals surface area contributed by atoms with E-state index in [0.717, 1.165) is 28.7 Å². The monoisotopic (exact) mass is 612 g/mol. The zero-order valence-corrected chi connectivity index (χ0v) is 26.4. The maximum Gasteiger partial charge on any atom is 0.340 e. The summed E-state index contributed by atoms with van der Waals surface area (Å²) in [4.78, 5) is 59.3. The summed E-state index contributed by atoms with van der Waals surface area (Å²) in [6.45, 7) is 2.59. The Bertz CT molecular complexity index is 1640. The average Bonchev–Trinajstić information content (AvgIpc) is 3.67. The van der Waals surface area contributed by atoms with Gasteiger partial charge in [0.1, 0.15) is 11.9 Å². The van der Waals surface area contributed by atoms with E-state index in [1.54, 1.807) is 45.2 Å². The molecule has 5 rings (SSSR count). The maximum atomic E-state index is 13.1. The van der Waals surface area contributed by atoms with Crippen LogP contribution in [0.15, 0.2) is 41.2 Å². The van der Waals surface area contributed by atoms with Crippen molar-refractivity contribution in [1.82, 2.24) is 35.2 Å². The van der Waals surface area contributed by atoms with Gasteiger partial charge in [0.05, 0.1) is 18.0 Å². The smallest absolute Gasteiger partial charge is 0.340 e. The zero-order valence-electron chi connectivity index (χ0n) is 26.4. The Hall–Kier alpha value is -4.76. The Morgan fingerprint density at radius 2 is 1.62 bits per heavy atom. The van der Waals surface area contributed by atoms with Gasteiger partial charge in [0, 0.05) is 51.9 Å². The number of benzene rings is 2. The minimum atomic E-state index is -1.00. The first-order valence-electron chi connectivity index (χ1n) is 15.2. The molecule has 0 saturated carbocycles. The first-order valence-corrected chi connectivity index (χ1v) is 15.2. The van der Waals surface area contributed by atoms with Crippen molar-refractivity contribution < 1.29 is 14.4 Å². The van der Waals surface area contributed by atoms with E-state index >= 15 is 0 Å². The summed E-state index contributed by atoms with van der Waals surface area (Å²) < 4.78 is 0. The van der Waals surface area contributed by atoms with Gasteiger partial charge in [0.2, 0.25) is 5.91 Å². The molecule has 45 heavy (non-hydrogen) atoms. The van der Waals surface area contributed by atoms with Gasteiger partial charge in [-0.1, -0.05) is 12.1 Å². The quantitative estimate of drug-likeness (QED) is 0.350. The Balaban J connectivity index is 1.63. The number of nitriles is 1. The molecule has 1 unspecified atom stereocenters. The van der Waals surface area contributed by atoms with E-state index < -0.39 is 17.1 Å². The molecule has 2 heterocycles. The van der Waals surface area contributed by atoms with Crippen LogP contribution in [0.1, 0.15) is 75.0 Å². The molecule has 0 bridgehead atoms. The van der Waals surface area contributed by atoms with Gasteiger partial charge in [-0.3, -0.25) is 19.4 Å². The predicted molar refractivity (Wildman–Crippen MR) is 168 cm³/mol. The van der Waals surface area contributed by atoms with Gasteiger partial charge in [-0.25, -0.2) is 9.89 Å². The maximum absolute atomic E-state index is 13.1. The molecule has 1 aromatic heterocycles. The first-order chi connectivity index (χ1) is 21.5. The van der Waals surface area contributed by atoms with Crippen LogP contribution < -0.4 is 11.0 Å². The number of nitrogens with one attached hydrogen (secondary N) is 3. The molecule has 3 N–H and O–H groups in total. The summed E-state index contributed by atoms with van der Waals surface area (Å²) in [5, 5.41) is 19.9. The molecule has 236 valence electrons. The van der Waals surface area contributed by atoms with Crippen molar-refractivity contribution in [1.29, 1.82) is 5.26 Å². The SMILES string of the molecule is C[C@H](CC1(c2n[nH]c(=O)[nH]2)c2ccc(C(=O)N(C)C)cc2CCc2cc(C(=O)N(C)C)ccc21)NCC(=O)N1CCCC1C#N. The van der Waals surface area contributed by atoms with Crippen molar-refractivity contribution in [2.45, 2.75) is 56.5 Å². The van der Waals surface area contributed by atoms with Gasteiger partial charge in [-0.15, -0.1) is 0 Å². The minimum absolute atomic E-state index is 0.0543. The third kappa shape index (κ3) is 6.00. The molecular weight excluding hydrogens is 572 g/mol. The zero-order chi connectivity index (χ0) is 32.5. The molecule has 1 fully saturated rings. The molecule has 3 aromatic rings. The van der Waals surface area contributed by atoms with Crippen LogP contribution in [0.5, 0.6) is 0 Å². The summed E-state index contributed by atoms with van der Waals surface area (Å²) in [6.07, 6.45) is 3.07. The molecule has 2 atom stereocenters. The van der Waals surface area contributed by atoms with E-state index in [4.69, 9.17) is 0 Å². The second kappa shape index (κ2) is 12.7. The number of H-pyrrole nitrogens is 2. The number of aryl methyl sites for hydroxylation is 2. The third-order valence-electron chi connectivity index (χ3n) is 8.94.